The molecule has 4 rings (SSSR count). The quantitative estimate of drug-likeness (QED) is 0.531. The van der Waals surface area contributed by atoms with E-state index < -0.39 is 15.6 Å². The van der Waals surface area contributed by atoms with Gasteiger partial charge in [-0.15, -0.1) is 11.8 Å². The lowest BCUT2D eigenvalue weighted by Gasteiger charge is -2.44. The van der Waals surface area contributed by atoms with Gasteiger partial charge in [-0.05, 0) is 44.0 Å². The van der Waals surface area contributed by atoms with E-state index in [2.05, 4.69) is 0 Å². The molecule has 2 amide bonds. The van der Waals surface area contributed by atoms with Gasteiger partial charge in [0.1, 0.15) is 5.82 Å². The van der Waals surface area contributed by atoms with Gasteiger partial charge in [-0.2, -0.15) is 0 Å². The Bertz CT molecular complexity index is 1050. The maximum absolute atomic E-state index is 13.6. The standard InChI is InChI=1S/C22H22FN3O4S/c1-15-5-6-17(14-19(15)26(29)30)20(27)24-9-7-22(8-10-24)25(11-12-31-22)21(28)16-3-2-4-18(23)13-16/h2-6,13-14H,7-12H2,1H3. The van der Waals surface area contributed by atoms with Crippen molar-refractivity contribution in [1.82, 2.24) is 9.80 Å². The summed E-state index contributed by atoms with van der Waals surface area (Å²) >= 11 is 1.70. The summed E-state index contributed by atoms with van der Waals surface area (Å²) in [6.45, 7) is 3.11. The van der Waals surface area contributed by atoms with E-state index in [0.29, 0.717) is 49.2 Å². The monoisotopic (exact) mass is 443 g/mol. The van der Waals surface area contributed by atoms with Gasteiger partial charge in [0.2, 0.25) is 0 Å². The van der Waals surface area contributed by atoms with Gasteiger partial charge in [0.05, 0.1) is 9.79 Å². The van der Waals surface area contributed by atoms with Crippen molar-refractivity contribution in [2.75, 3.05) is 25.4 Å². The molecule has 0 saturated carbocycles. The Labute approximate surface area is 183 Å². The van der Waals surface area contributed by atoms with Crippen molar-refractivity contribution in [3.63, 3.8) is 0 Å². The fourth-order valence-corrected chi connectivity index (χ4v) is 5.72. The van der Waals surface area contributed by atoms with Crippen LogP contribution in [0.3, 0.4) is 0 Å². The average Bonchev–Trinajstić information content (AvgIpc) is 3.16. The predicted octanol–water partition coefficient (Wildman–Crippen LogP) is 3.86. The topological polar surface area (TPSA) is 83.8 Å². The van der Waals surface area contributed by atoms with E-state index in [0.717, 1.165) is 5.75 Å². The number of nitro groups is 1. The van der Waals surface area contributed by atoms with Crippen molar-refractivity contribution in [2.45, 2.75) is 24.6 Å². The number of carbonyl (C=O) groups is 2. The maximum atomic E-state index is 13.6. The number of piperidine rings is 1. The van der Waals surface area contributed by atoms with Crippen LogP contribution in [-0.2, 0) is 0 Å². The first-order chi connectivity index (χ1) is 14.8. The summed E-state index contributed by atoms with van der Waals surface area (Å²) in [6, 6.07) is 10.2. The molecule has 2 saturated heterocycles. The number of likely N-dealkylation sites (tertiary alicyclic amines) is 1. The molecule has 0 atom stereocenters. The molecule has 0 bridgehead atoms. The zero-order valence-corrected chi connectivity index (χ0v) is 17.9. The van der Waals surface area contributed by atoms with Crippen molar-refractivity contribution in [3.05, 3.63) is 75.1 Å². The van der Waals surface area contributed by atoms with Crippen molar-refractivity contribution in [1.29, 1.82) is 0 Å². The number of carbonyl (C=O) groups excluding carboxylic acids is 2. The zero-order valence-electron chi connectivity index (χ0n) is 17.0. The molecule has 2 fully saturated rings. The van der Waals surface area contributed by atoms with E-state index in [1.165, 1.54) is 24.3 Å². The Morgan fingerprint density at radius 1 is 1.06 bits per heavy atom. The smallest absolute Gasteiger partial charge is 0.273 e. The van der Waals surface area contributed by atoms with Crippen LogP contribution in [0.25, 0.3) is 0 Å². The minimum atomic E-state index is -0.484. The largest absolute Gasteiger partial charge is 0.338 e. The summed E-state index contributed by atoms with van der Waals surface area (Å²) in [5.41, 5.74) is 1.05. The van der Waals surface area contributed by atoms with Gasteiger partial charge in [-0.3, -0.25) is 19.7 Å². The fraction of sp³-hybridized carbons (Fsp3) is 0.364. The molecule has 2 aromatic rings. The molecule has 9 heteroatoms. The van der Waals surface area contributed by atoms with Crippen LogP contribution in [-0.4, -0.2) is 56.8 Å². The van der Waals surface area contributed by atoms with Crippen LogP contribution in [0, 0.1) is 22.9 Å². The highest BCUT2D eigenvalue weighted by atomic mass is 32.2. The number of rotatable bonds is 3. The predicted molar refractivity (Wildman–Crippen MR) is 116 cm³/mol. The molecule has 1 spiro atoms. The molecule has 2 heterocycles. The van der Waals surface area contributed by atoms with Gasteiger partial charge < -0.3 is 9.80 Å². The average molecular weight is 444 g/mol. The minimum Gasteiger partial charge on any atom is -0.338 e. The first-order valence-corrected chi connectivity index (χ1v) is 11.1. The van der Waals surface area contributed by atoms with E-state index in [9.17, 15) is 24.1 Å². The van der Waals surface area contributed by atoms with Crippen LogP contribution in [0.1, 0.15) is 39.1 Å². The van der Waals surface area contributed by atoms with E-state index in [1.54, 1.807) is 41.8 Å². The van der Waals surface area contributed by atoms with E-state index in [4.69, 9.17) is 0 Å². The molecule has 2 aromatic carbocycles. The number of halogens is 1. The van der Waals surface area contributed by atoms with Gasteiger partial charge >= 0.3 is 0 Å². The van der Waals surface area contributed by atoms with Crippen molar-refractivity contribution in [3.8, 4) is 0 Å². The first kappa shape index (κ1) is 21.3. The molecule has 0 radical (unpaired) electrons. The summed E-state index contributed by atoms with van der Waals surface area (Å²) < 4.78 is 13.6. The van der Waals surface area contributed by atoms with E-state index in [1.807, 2.05) is 4.90 Å². The third-order valence-corrected chi connectivity index (χ3v) is 7.53. The van der Waals surface area contributed by atoms with E-state index >= 15 is 0 Å². The number of thioether (sulfide) groups is 1. The molecular weight excluding hydrogens is 421 g/mol. The highest BCUT2D eigenvalue weighted by Crippen LogP contribution is 2.44. The molecule has 7 nitrogen and oxygen atoms in total. The molecule has 2 aliphatic heterocycles. The molecule has 31 heavy (non-hydrogen) atoms. The zero-order chi connectivity index (χ0) is 22.2. The van der Waals surface area contributed by atoms with Gasteiger partial charge in [-0.25, -0.2) is 4.39 Å². The Balaban J connectivity index is 1.48. The van der Waals surface area contributed by atoms with Gasteiger partial charge in [-0.1, -0.05) is 12.1 Å². The lowest BCUT2D eigenvalue weighted by molar-refractivity contribution is -0.385. The first-order valence-electron chi connectivity index (χ1n) is 10.1. The number of benzene rings is 2. The highest BCUT2D eigenvalue weighted by molar-refractivity contribution is 8.00. The van der Waals surface area contributed by atoms with Gasteiger partial charge in [0, 0.05) is 48.1 Å². The fourth-order valence-electron chi connectivity index (χ4n) is 4.27. The molecule has 0 unspecified atom stereocenters. The summed E-state index contributed by atoms with van der Waals surface area (Å²) in [5.74, 6) is -0.0964. The SMILES string of the molecule is Cc1ccc(C(=O)N2CCC3(CC2)SCCN3C(=O)c2cccc(F)c2)cc1[N+](=O)[O-]. The van der Waals surface area contributed by atoms with Gasteiger partial charge in [0.25, 0.3) is 17.5 Å². The molecular formula is C22H22FN3O4S. The Kier molecular flexibility index (Phi) is 5.70. The molecule has 0 N–H and O–H groups in total. The minimum absolute atomic E-state index is 0.0717. The summed E-state index contributed by atoms with van der Waals surface area (Å²) in [5, 5.41) is 11.2. The molecule has 162 valence electrons. The van der Waals surface area contributed by atoms with Crippen molar-refractivity contribution < 1.29 is 18.9 Å². The second kappa shape index (κ2) is 8.30. The maximum Gasteiger partial charge on any atom is 0.273 e. The number of amides is 2. The lowest BCUT2D eigenvalue weighted by Crippen LogP contribution is -2.53. The summed E-state index contributed by atoms with van der Waals surface area (Å²) in [6.07, 6.45) is 1.19. The second-order valence-electron chi connectivity index (χ2n) is 7.81. The number of aryl methyl sites for hydroxylation is 1. The number of hydrogen-bond acceptors (Lipinski definition) is 5. The second-order valence-corrected chi connectivity index (χ2v) is 9.27. The van der Waals surface area contributed by atoms with E-state index in [-0.39, 0.29) is 17.5 Å². The normalized spacial score (nSPS) is 17.7. The van der Waals surface area contributed by atoms with Crippen LogP contribution < -0.4 is 0 Å². The Morgan fingerprint density at radius 3 is 2.45 bits per heavy atom. The third-order valence-electron chi connectivity index (χ3n) is 5.98. The highest BCUT2D eigenvalue weighted by Gasteiger charge is 2.47. The van der Waals surface area contributed by atoms with Crippen molar-refractivity contribution >= 4 is 29.3 Å². The molecule has 2 aliphatic rings. The van der Waals surface area contributed by atoms with Crippen LogP contribution in [0.15, 0.2) is 42.5 Å². The number of nitro benzene ring substituents is 1. The van der Waals surface area contributed by atoms with Crippen LogP contribution in [0.5, 0.6) is 0 Å². The Hall–Kier alpha value is -2.94. The number of nitrogens with zero attached hydrogens (tertiary/aromatic N) is 3. The summed E-state index contributed by atoms with van der Waals surface area (Å²) in [4.78, 5) is 39.8. The lowest BCUT2D eigenvalue weighted by atomic mass is 9.99. The molecule has 0 aromatic heterocycles. The van der Waals surface area contributed by atoms with Crippen LogP contribution >= 0.6 is 11.8 Å². The van der Waals surface area contributed by atoms with Crippen molar-refractivity contribution in [2.24, 2.45) is 0 Å². The Morgan fingerprint density at radius 2 is 1.77 bits per heavy atom. The van der Waals surface area contributed by atoms with Crippen LogP contribution in [0.4, 0.5) is 10.1 Å². The number of hydrogen-bond donors (Lipinski definition) is 0. The summed E-state index contributed by atoms with van der Waals surface area (Å²) in [7, 11) is 0. The van der Waals surface area contributed by atoms with Gasteiger partial charge in [0.15, 0.2) is 0 Å². The molecule has 0 aliphatic carbocycles. The third kappa shape index (κ3) is 4.01. The van der Waals surface area contributed by atoms with Crippen LogP contribution in [0.2, 0.25) is 0 Å².